The molecule has 1 fully saturated rings. The molecule has 4 nitrogen and oxygen atoms in total. The van der Waals surface area contributed by atoms with Crippen LogP contribution in [0, 0.1) is 12.7 Å². The van der Waals surface area contributed by atoms with Gasteiger partial charge in [-0.15, -0.1) is 0 Å². The molecule has 0 spiro atoms. The van der Waals surface area contributed by atoms with Crippen LogP contribution in [0.4, 0.5) is 10.1 Å². The van der Waals surface area contributed by atoms with Crippen LogP contribution in [-0.2, 0) is 11.0 Å². The molecule has 0 saturated heterocycles. The molecule has 3 rings (SSSR count). The van der Waals surface area contributed by atoms with E-state index in [0.29, 0.717) is 16.1 Å². The first kappa shape index (κ1) is 17.8. The molecular weight excluding hydrogens is 339 g/mol. The fourth-order valence-corrected chi connectivity index (χ4v) is 4.14. The van der Waals surface area contributed by atoms with Crippen LogP contribution in [0.1, 0.15) is 41.6 Å². The van der Waals surface area contributed by atoms with Crippen molar-refractivity contribution in [3.8, 4) is 0 Å². The van der Waals surface area contributed by atoms with Crippen molar-refractivity contribution in [3.05, 3.63) is 59.4 Å². The smallest absolute Gasteiger partial charge is 0.255 e. The lowest BCUT2D eigenvalue weighted by atomic mass is 10.2. The predicted octanol–water partition coefficient (Wildman–Crippen LogP) is 3.94. The van der Waals surface area contributed by atoms with Crippen LogP contribution in [0.5, 0.6) is 0 Å². The third kappa shape index (κ3) is 4.74. The summed E-state index contributed by atoms with van der Waals surface area (Å²) in [5.41, 5.74) is 1.52. The Morgan fingerprint density at radius 2 is 1.92 bits per heavy atom. The van der Waals surface area contributed by atoms with Gasteiger partial charge in [0.2, 0.25) is 0 Å². The number of anilines is 1. The monoisotopic (exact) mass is 360 g/mol. The number of hydrogen-bond donors (Lipinski definition) is 2. The van der Waals surface area contributed by atoms with Gasteiger partial charge in [0.05, 0.1) is 4.90 Å². The normalized spacial score (nSPS) is 15.9. The summed E-state index contributed by atoms with van der Waals surface area (Å²) in [6, 6.07) is 11.3. The number of carbonyl (C=O) groups excluding carboxylic acids is 1. The van der Waals surface area contributed by atoms with Gasteiger partial charge in [-0.1, -0.05) is 18.9 Å². The topological polar surface area (TPSA) is 58.2 Å². The summed E-state index contributed by atoms with van der Waals surface area (Å²) in [7, 11) is -1.34. The lowest BCUT2D eigenvalue weighted by molar-refractivity contribution is 0.102. The van der Waals surface area contributed by atoms with E-state index in [1.165, 1.54) is 12.1 Å². The van der Waals surface area contributed by atoms with Crippen molar-refractivity contribution in [2.75, 3.05) is 5.32 Å². The number of nitrogens with one attached hydrogen (secondary N) is 2. The predicted molar refractivity (Wildman–Crippen MR) is 97.3 cm³/mol. The van der Waals surface area contributed by atoms with E-state index in [9.17, 15) is 13.4 Å². The van der Waals surface area contributed by atoms with Gasteiger partial charge >= 0.3 is 0 Å². The van der Waals surface area contributed by atoms with Crippen LogP contribution < -0.4 is 10.0 Å². The summed E-state index contributed by atoms with van der Waals surface area (Å²) in [6.07, 6.45) is 4.38. The summed E-state index contributed by atoms with van der Waals surface area (Å²) in [5.74, 6) is -0.754. The molecular formula is C19H21FN2O2S. The van der Waals surface area contributed by atoms with Crippen molar-refractivity contribution in [2.24, 2.45) is 0 Å². The zero-order chi connectivity index (χ0) is 17.8. The Morgan fingerprint density at radius 1 is 1.16 bits per heavy atom. The van der Waals surface area contributed by atoms with Crippen LogP contribution in [0.2, 0.25) is 0 Å². The summed E-state index contributed by atoms with van der Waals surface area (Å²) >= 11 is 0. The molecule has 2 N–H and O–H groups in total. The first-order valence-corrected chi connectivity index (χ1v) is 9.53. The molecule has 2 aromatic rings. The summed E-state index contributed by atoms with van der Waals surface area (Å²) < 4.78 is 29.0. The first-order chi connectivity index (χ1) is 12.0. The number of amides is 1. The Hall–Kier alpha value is -2.05. The van der Waals surface area contributed by atoms with Crippen LogP contribution in [-0.4, -0.2) is 16.2 Å². The molecule has 1 unspecified atom stereocenters. The second-order valence-corrected chi connectivity index (χ2v) is 7.61. The Bertz CT molecular complexity index is 784. The highest BCUT2D eigenvalue weighted by Gasteiger charge is 2.18. The number of rotatable bonds is 5. The van der Waals surface area contributed by atoms with E-state index < -0.39 is 16.8 Å². The van der Waals surface area contributed by atoms with Crippen LogP contribution >= 0.6 is 0 Å². The molecule has 132 valence electrons. The molecule has 1 amide bonds. The Morgan fingerprint density at radius 3 is 2.64 bits per heavy atom. The molecule has 0 radical (unpaired) electrons. The van der Waals surface area contributed by atoms with Gasteiger partial charge < -0.3 is 5.32 Å². The minimum Gasteiger partial charge on any atom is -0.322 e. The molecule has 0 bridgehead atoms. The van der Waals surface area contributed by atoms with Crippen LogP contribution in [0.15, 0.2) is 47.4 Å². The molecule has 1 aliphatic carbocycles. The largest absolute Gasteiger partial charge is 0.322 e. The van der Waals surface area contributed by atoms with Gasteiger partial charge in [0.25, 0.3) is 5.91 Å². The summed E-state index contributed by atoms with van der Waals surface area (Å²) in [4.78, 5) is 13.0. The lowest BCUT2D eigenvalue weighted by Crippen LogP contribution is -2.28. The van der Waals surface area contributed by atoms with Gasteiger partial charge in [-0.3, -0.25) is 4.79 Å². The van der Waals surface area contributed by atoms with Crippen molar-refractivity contribution in [2.45, 2.75) is 43.5 Å². The Kier molecular flexibility index (Phi) is 5.60. The summed E-state index contributed by atoms with van der Waals surface area (Å²) in [6.45, 7) is 1.76. The van der Waals surface area contributed by atoms with Crippen molar-refractivity contribution >= 4 is 22.6 Å². The van der Waals surface area contributed by atoms with E-state index in [1.54, 1.807) is 37.3 Å². The molecule has 25 heavy (non-hydrogen) atoms. The molecule has 0 heterocycles. The maximum Gasteiger partial charge on any atom is 0.255 e. The Balaban J connectivity index is 1.71. The third-order valence-corrected chi connectivity index (χ3v) is 5.47. The minimum absolute atomic E-state index is 0.272. The van der Waals surface area contributed by atoms with E-state index in [0.717, 1.165) is 31.2 Å². The highest BCUT2D eigenvalue weighted by Crippen LogP contribution is 2.20. The highest BCUT2D eigenvalue weighted by atomic mass is 32.2. The van der Waals surface area contributed by atoms with Crippen molar-refractivity contribution in [1.82, 2.24) is 4.72 Å². The summed E-state index contributed by atoms with van der Waals surface area (Å²) in [5, 5.41) is 2.68. The average Bonchev–Trinajstić information content (AvgIpc) is 3.07. The van der Waals surface area contributed by atoms with Gasteiger partial charge in [0.1, 0.15) is 16.8 Å². The van der Waals surface area contributed by atoms with Crippen molar-refractivity contribution < 1.29 is 13.4 Å². The van der Waals surface area contributed by atoms with Gasteiger partial charge in [0, 0.05) is 17.3 Å². The maximum absolute atomic E-state index is 13.4. The number of halogens is 1. The lowest BCUT2D eigenvalue weighted by Gasteiger charge is -2.12. The SMILES string of the molecule is Cc1cc(F)cc(NC(=O)c2cccc(S(=O)NC3CCCC3)c2)c1. The molecule has 0 aliphatic heterocycles. The fraction of sp³-hybridized carbons (Fsp3) is 0.316. The second kappa shape index (κ2) is 7.89. The van der Waals surface area contributed by atoms with Gasteiger partial charge in [-0.25, -0.2) is 13.3 Å². The van der Waals surface area contributed by atoms with E-state index in [1.807, 2.05) is 0 Å². The number of benzene rings is 2. The first-order valence-electron chi connectivity index (χ1n) is 8.38. The molecule has 0 aromatic heterocycles. The zero-order valence-corrected chi connectivity index (χ0v) is 14.9. The number of hydrogen-bond acceptors (Lipinski definition) is 2. The van der Waals surface area contributed by atoms with E-state index >= 15 is 0 Å². The number of carbonyl (C=O) groups is 1. The van der Waals surface area contributed by atoms with Crippen LogP contribution in [0.3, 0.4) is 0 Å². The minimum atomic E-state index is -1.34. The second-order valence-electron chi connectivity index (χ2n) is 6.37. The van der Waals surface area contributed by atoms with Crippen molar-refractivity contribution in [1.29, 1.82) is 0 Å². The van der Waals surface area contributed by atoms with E-state index in [2.05, 4.69) is 10.0 Å². The standard InChI is InChI=1S/C19H21FN2O2S/c1-13-9-15(20)12-17(10-13)21-19(23)14-5-4-8-18(11-14)25(24)22-16-6-2-3-7-16/h4-5,8-12,16,22H,2-3,6-7H2,1H3,(H,21,23). The Labute approximate surface area is 149 Å². The molecule has 1 aliphatic rings. The number of aryl methyl sites for hydroxylation is 1. The molecule has 1 atom stereocenters. The van der Waals surface area contributed by atoms with Gasteiger partial charge in [-0.05, 0) is 61.7 Å². The van der Waals surface area contributed by atoms with Crippen molar-refractivity contribution in [3.63, 3.8) is 0 Å². The molecule has 2 aromatic carbocycles. The van der Waals surface area contributed by atoms with E-state index in [4.69, 9.17) is 0 Å². The van der Waals surface area contributed by atoms with E-state index in [-0.39, 0.29) is 11.9 Å². The third-order valence-electron chi connectivity index (χ3n) is 4.24. The highest BCUT2D eigenvalue weighted by molar-refractivity contribution is 7.83. The van der Waals surface area contributed by atoms with Gasteiger partial charge in [-0.2, -0.15) is 0 Å². The average molecular weight is 360 g/mol. The maximum atomic E-state index is 13.4. The van der Waals surface area contributed by atoms with Crippen LogP contribution in [0.25, 0.3) is 0 Å². The zero-order valence-electron chi connectivity index (χ0n) is 14.0. The quantitative estimate of drug-likeness (QED) is 0.848. The molecule has 1 saturated carbocycles. The fourth-order valence-electron chi connectivity index (χ4n) is 3.03. The molecule has 6 heteroatoms. The van der Waals surface area contributed by atoms with Gasteiger partial charge in [0.15, 0.2) is 0 Å².